The molecule has 1 aromatic heterocycles. The lowest BCUT2D eigenvalue weighted by molar-refractivity contribution is 0.474. The minimum absolute atomic E-state index is 0.0663. The summed E-state index contributed by atoms with van der Waals surface area (Å²) in [6.45, 7) is 8.88. The van der Waals surface area contributed by atoms with Gasteiger partial charge in [-0.3, -0.25) is 0 Å². The van der Waals surface area contributed by atoms with Gasteiger partial charge in [0.05, 0.1) is 12.2 Å². The predicted molar refractivity (Wildman–Crippen MR) is 79.2 cm³/mol. The minimum Gasteiger partial charge on any atom is -0.424 e. The first-order valence-corrected chi connectivity index (χ1v) is 6.99. The van der Waals surface area contributed by atoms with Crippen LogP contribution in [0.15, 0.2) is 27.1 Å². The maximum absolute atomic E-state index is 5.37. The first-order chi connectivity index (χ1) is 8.88. The summed E-state index contributed by atoms with van der Waals surface area (Å²) in [5, 5.41) is 11.2. The van der Waals surface area contributed by atoms with Crippen molar-refractivity contribution in [2.75, 3.05) is 5.32 Å². The number of nitrogens with zero attached hydrogens (tertiary/aromatic N) is 2. The third-order valence-corrected chi connectivity index (χ3v) is 3.47. The van der Waals surface area contributed by atoms with Crippen LogP contribution < -0.4 is 5.32 Å². The van der Waals surface area contributed by atoms with Gasteiger partial charge in [0.1, 0.15) is 0 Å². The highest BCUT2D eigenvalue weighted by molar-refractivity contribution is 9.10. The number of hydrogen-bond donors (Lipinski definition) is 1. The van der Waals surface area contributed by atoms with E-state index in [1.807, 2.05) is 12.1 Å². The zero-order valence-corrected chi connectivity index (χ0v) is 13.2. The van der Waals surface area contributed by atoms with E-state index in [4.69, 9.17) is 4.42 Å². The number of anilines is 1. The van der Waals surface area contributed by atoms with Crippen molar-refractivity contribution in [1.29, 1.82) is 0 Å². The summed E-state index contributed by atoms with van der Waals surface area (Å²) in [5.41, 5.74) is 2.39. The predicted octanol–water partition coefficient (Wildman–Crippen LogP) is 4.05. The van der Waals surface area contributed by atoms with Crippen molar-refractivity contribution in [2.45, 2.75) is 39.7 Å². The van der Waals surface area contributed by atoms with Crippen molar-refractivity contribution in [3.8, 4) is 0 Å². The Morgan fingerprint density at radius 2 is 2.00 bits per heavy atom. The van der Waals surface area contributed by atoms with Gasteiger partial charge in [0.25, 0.3) is 0 Å². The van der Waals surface area contributed by atoms with Crippen LogP contribution in [0, 0.1) is 6.92 Å². The molecule has 0 unspecified atom stereocenters. The van der Waals surface area contributed by atoms with Gasteiger partial charge in [-0.25, -0.2) is 0 Å². The molecule has 0 fully saturated rings. The van der Waals surface area contributed by atoms with E-state index in [1.165, 1.54) is 5.56 Å². The van der Waals surface area contributed by atoms with Crippen LogP contribution in [0.5, 0.6) is 0 Å². The molecule has 0 saturated carbocycles. The molecule has 2 aromatic rings. The zero-order chi connectivity index (χ0) is 14.0. The lowest BCUT2D eigenvalue weighted by Crippen LogP contribution is -2.15. The third kappa shape index (κ3) is 3.35. The van der Waals surface area contributed by atoms with E-state index in [0.717, 1.165) is 10.2 Å². The Kier molecular flexibility index (Phi) is 3.94. The number of rotatable bonds is 3. The normalized spacial score (nSPS) is 11.6. The summed E-state index contributed by atoms with van der Waals surface area (Å²) < 4.78 is 6.41. The van der Waals surface area contributed by atoms with Crippen LogP contribution >= 0.6 is 15.9 Å². The first-order valence-electron chi connectivity index (χ1n) is 6.20. The fourth-order valence-corrected chi connectivity index (χ4v) is 2.41. The van der Waals surface area contributed by atoms with Gasteiger partial charge in [-0.05, 0) is 33.0 Å². The number of aryl methyl sites for hydroxylation is 1. The maximum Gasteiger partial charge on any atom is 0.235 e. The summed E-state index contributed by atoms with van der Waals surface area (Å²) in [6.07, 6.45) is 0. The summed E-state index contributed by atoms with van der Waals surface area (Å²) in [5.74, 6) is 1.17. The molecular weight excluding hydrogens is 306 g/mol. The molecule has 0 amide bonds. The smallest absolute Gasteiger partial charge is 0.235 e. The molecule has 19 heavy (non-hydrogen) atoms. The molecule has 0 spiro atoms. The molecule has 0 atom stereocenters. The number of aromatic nitrogens is 2. The molecule has 4 nitrogen and oxygen atoms in total. The number of nitrogens with one attached hydrogen (secondary N) is 1. The highest BCUT2D eigenvalue weighted by Gasteiger charge is 2.19. The van der Waals surface area contributed by atoms with Crippen LogP contribution in [0.25, 0.3) is 0 Å². The molecule has 0 aliphatic rings. The summed E-state index contributed by atoms with van der Waals surface area (Å²) in [6, 6.07) is 6.20. The standard InChI is InChI=1S/C14H18BrN3O/c1-9-17-18-12(19-9)8-16-13-10(14(2,3)4)6-5-7-11(13)15/h5-7,16H,8H2,1-4H3. The summed E-state index contributed by atoms with van der Waals surface area (Å²) in [7, 11) is 0. The zero-order valence-electron chi connectivity index (χ0n) is 11.6. The Morgan fingerprint density at radius 1 is 1.26 bits per heavy atom. The Bertz CT molecular complexity index is 572. The van der Waals surface area contributed by atoms with Crippen LogP contribution in [-0.2, 0) is 12.0 Å². The molecule has 1 N–H and O–H groups in total. The minimum atomic E-state index is 0.0663. The number of hydrogen-bond acceptors (Lipinski definition) is 4. The molecule has 1 heterocycles. The van der Waals surface area contributed by atoms with Crippen LogP contribution in [0.4, 0.5) is 5.69 Å². The van der Waals surface area contributed by atoms with E-state index >= 15 is 0 Å². The molecule has 5 heteroatoms. The summed E-state index contributed by atoms with van der Waals surface area (Å²) in [4.78, 5) is 0. The largest absolute Gasteiger partial charge is 0.424 e. The molecule has 102 valence electrons. The van der Waals surface area contributed by atoms with Crippen molar-refractivity contribution in [2.24, 2.45) is 0 Å². The average Bonchev–Trinajstić information content (AvgIpc) is 2.72. The van der Waals surface area contributed by atoms with Gasteiger partial charge in [-0.1, -0.05) is 32.9 Å². The molecule has 0 aliphatic carbocycles. The van der Waals surface area contributed by atoms with Crippen molar-refractivity contribution >= 4 is 21.6 Å². The van der Waals surface area contributed by atoms with Crippen LogP contribution in [0.1, 0.15) is 38.1 Å². The highest BCUT2D eigenvalue weighted by Crippen LogP contribution is 2.35. The van der Waals surface area contributed by atoms with Gasteiger partial charge in [-0.15, -0.1) is 10.2 Å². The van der Waals surface area contributed by atoms with Gasteiger partial charge in [0.15, 0.2) is 0 Å². The van der Waals surface area contributed by atoms with Gasteiger partial charge in [0, 0.05) is 11.4 Å². The number of para-hydroxylation sites is 1. The van der Waals surface area contributed by atoms with Crippen molar-refractivity contribution in [1.82, 2.24) is 10.2 Å². The quantitative estimate of drug-likeness (QED) is 0.925. The third-order valence-electron chi connectivity index (χ3n) is 2.81. The molecular formula is C14H18BrN3O. The molecule has 0 bridgehead atoms. The van der Waals surface area contributed by atoms with E-state index in [1.54, 1.807) is 6.92 Å². The topological polar surface area (TPSA) is 51.0 Å². The van der Waals surface area contributed by atoms with E-state index in [0.29, 0.717) is 18.3 Å². The molecule has 0 aliphatic heterocycles. The van der Waals surface area contributed by atoms with Gasteiger partial charge in [-0.2, -0.15) is 0 Å². The number of halogens is 1. The Labute approximate surface area is 121 Å². The van der Waals surface area contributed by atoms with Gasteiger partial charge < -0.3 is 9.73 Å². The fourth-order valence-electron chi connectivity index (χ4n) is 1.90. The van der Waals surface area contributed by atoms with Gasteiger partial charge >= 0.3 is 0 Å². The lowest BCUT2D eigenvalue weighted by atomic mass is 9.86. The second-order valence-electron chi connectivity index (χ2n) is 5.48. The highest BCUT2D eigenvalue weighted by atomic mass is 79.9. The molecule has 0 saturated heterocycles. The number of benzene rings is 1. The lowest BCUT2D eigenvalue weighted by Gasteiger charge is -2.24. The van der Waals surface area contributed by atoms with Crippen molar-refractivity contribution in [3.05, 3.63) is 40.0 Å². The summed E-state index contributed by atoms with van der Waals surface area (Å²) >= 11 is 3.59. The SMILES string of the molecule is Cc1nnc(CNc2c(Br)cccc2C(C)(C)C)o1. The van der Waals surface area contributed by atoms with Crippen molar-refractivity contribution < 1.29 is 4.42 Å². The fraction of sp³-hybridized carbons (Fsp3) is 0.429. The Hall–Kier alpha value is -1.36. The van der Waals surface area contributed by atoms with E-state index in [2.05, 4.69) is 58.3 Å². The molecule has 1 aromatic carbocycles. The van der Waals surface area contributed by atoms with E-state index < -0.39 is 0 Å². The van der Waals surface area contributed by atoms with Crippen LogP contribution in [0.3, 0.4) is 0 Å². The Balaban J connectivity index is 2.24. The van der Waals surface area contributed by atoms with Crippen LogP contribution in [0.2, 0.25) is 0 Å². The van der Waals surface area contributed by atoms with Crippen LogP contribution in [-0.4, -0.2) is 10.2 Å². The molecule has 0 radical (unpaired) electrons. The second-order valence-corrected chi connectivity index (χ2v) is 6.34. The monoisotopic (exact) mass is 323 g/mol. The second kappa shape index (κ2) is 5.33. The van der Waals surface area contributed by atoms with Crippen molar-refractivity contribution in [3.63, 3.8) is 0 Å². The van der Waals surface area contributed by atoms with E-state index in [-0.39, 0.29) is 5.41 Å². The first kappa shape index (κ1) is 14.1. The van der Waals surface area contributed by atoms with Gasteiger partial charge in [0.2, 0.25) is 11.8 Å². The average molecular weight is 324 g/mol. The van der Waals surface area contributed by atoms with E-state index in [9.17, 15) is 0 Å². The molecule has 2 rings (SSSR count). The maximum atomic E-state index is 5.37. The Morgan fingerprint density at radius 3 is 2.58 bits per heavy atom.